The molecule has 0 aliphatic carbocycles. The van der Waals surface area contributed by atoms with Crippen molar-refractivity contribution in [2.24, 2.45) is 13.0 Å². The highest BCUT2D eigenvalue weighted by atomic mass is 16.3. The van der Waals surface area contributed by atoms with E-state index in [0.717, 1.165) is 25.9 Å². The number of aryl methyl sites for hydroxylation is 1. The third kappa shape index (κ3) is 4.49. The first-order valence-corrected chi connectivity index (χ1v) is 5.68. The molecule has 1 unspecified atom stereocenters. The minimum atomic E-state index is 0.297. The van der Waals surface area contributed by atoms with E-state index in [4.69, 9.17) is 5.11 Å². The van der Waals surface area contributed by atoms with Gasteiger partial charge in [0.25, 0.3) is 0 Å². The van der Waals surface area contributed by atoms with Gasteiger partial charge >= 0.3 is 0 Å². The second kappa shape index (κ2) is 6.64. The van der Waals surface area contributed by atoms with Crippen molar-refractivity contribution in [2.45, 2.75) is 26.3 Å². The number of hydrogen-bond donors (Lipinski definition) is 2. The molecule has 1 aromatic rings. The molecule has 0 aliphatic rings. The third-order valence-electron chi connectivity index (χ3n) is 2.77. The zero-order valence-corrected chi connectivity index (χ0v) is 9.74. The van der Waals surface area contributed by atoms with Crippen LogP contribution in [0.4, 0.5) is 0 Å². The molecule has 0 aliphatic heterocycles. The van der Waals surface area contributed by atoms with Crippen molar-refractivity contribution in [2.75, 3.05) is 13.2 Å². The Morgan fingerprint density at radius 2 is 2.33 bits per heavy atom. The summed E-state index contributed by atoms with van der Waals surface area (Å²) < 4.78 is 2.06. The molecule has 1 atom stereocenters. The van der Waals surface area contributed by atoms with E-state index in [9.17, 15) is 0 Å². The standard InChI is InChI=1S/C12H22N2O/c1-3-11(5-7-15)8-13-9-12-4-6-14(2)10-12/h4,6,10-11,13,15H,3,5,7-9H2,1-2H3. The quantitative estimate of drug-likeness (QED) is 0.716. The SMILES string of the molecule is CCC(CCO)CNCc1ccn(C)c1. The number of aromatic nitrogens is 1. The van der Waals surface area contributed by atoms with Crippen molar-refractivity contribution in [1.82, 2.24) is 9.88 Å². The lowest BCUT2D eigenvalue weighted by Gasteiger charge is -2.13. The highest BCUT2D eigenvalue weighted by molar-refractivity contribution is 5.09. The predicted molar refractivity (Wildman–Crippen MR) is 62.6 cm³/mol. The van der Waals surface area contributed by atoms with Gasteiger partial charge in [-0.25, -0.2) is 0 Å². The van der Waals surface area contributed by atoms with Crippen molar-refractivity contribution < 1.29 is 5.11 Å². The minimum Gasteiger partial charge on any atom is -0.396 e. The summed E-state index contributed by atoms with van der Waals surface area (Å²) in [5.41, 5.74) is 1.32. The molecule has 1 heterocycles. The normalized spacial score (nSPS) is 13.0. The number of aliphatic hydroxyl groups is 1. The van der Waals surface area contributed by atoms with Gasteiger partial charge in [0, 0.05) is 32.6 Å². The number of nitrogens with one attached hydrogen (secondary N) is 1. The molecule has 1 aromatic heterocycles. The summed E-state index contributed by atoms with van der Waals surface area (Å²) in [5, 5.41) is 12.3. The fourth-order valence-corrected chi connectivity index (χ4v) is 1.72. The molecule has 3 heteroatoms. The number of rotatable bonds is 7. The summed E-state index contributed by atoms with van der Waals surface area (Å²) in [4.78, 5) is 0. The molecule has 3 nitrogen and oxygen atoms in total. The van der Waals surface area contributed by atoms with Crippen LogP contribution in [-0.4, -0.2) is 22.8 Å². The maximum absolute atomic E-state index is 8.86. The van der Waals surface area contributed by atoms with Crippen LogP contribution in [-0.2, 0) is 13.6 Å². The Bertz CT molecular complexity index is 270. The van der Waals surface area contributed by atoms with Crippen molar-refractivity contribution in [3.05, 3.63) is 24.0 Å². The molecule has 0 radical (unpaired) electrons. The lowest BCUT2D eigenvalue weighted by molar-refractivity contribution is 0.251. The number of aliphatic hydroxyl groups excluding tert-OH is 1. The first kappa shape index (κ1) is 12.3. The minimum absolute atomic E-state index is 0.297. The molecule has 1 rings (SSSR count). The van der Waals surface area contributed by atoms with Gasteiger partial charge in [-0.2, -0.15) is 0 Å². The fraction of sp³-hybridized carbons (Fsp3) is 0.667. The monoisotopic (exact) mass is 210 g/mol. The van der Waals surface area contributed by atoms with E-state index in [1.165, 1.54) is 5.56 Å². The van der Waals surface area contributed by atoms with E-state index in [-0.39, 0.29) is 0 Å². The largest absolute Gasteiger partial charge is 0.396 e. The van der Waals surface area contributed by atoms with Crippen LogP contribution in [0.15, 0.2) is 18.5 Å². The topological polar surface area (TPSA) is 37.2 Å². The maximum atomic E-state index is 8.86. The van der Waals surface area contributed by atoms with Gasteiger partial charge in [0.05, 0.1) is 0 Å². The molecule has 2 N–H and O–H groups in total. The van der Waals surface area contributed by atoms with E-state index < -0.39 is 0 Å². The lowest BCUT2D eigenvalue weighted by Crippen LogP contribution is -2.22. The Labute approximate surface area is 92.1 Å². The summed E-state index contributed by atoms with van der Waals surface area (Å²) in [6.45, 7) is 4.38. The van der Waals surface area contributed by atoms with E-state index in [1.54, 1.807) is 0 Å². The van der Waals surface area contributed by atoms with Crippen LogP contribution in [0.3, 0.4) is 0 Å². The Hall–Kier alpha value is -0.800. The van der Waals surface area contributed by atoms with Gasteiger partial charge in [-0.1, -0.05) is 13.3 Å². The Balaban J connectivity index is 2.20. The molecule has 15 heavy (non-hydrogen) atoms. The van der Waals surface area contributed by atoms with Crippen LogP contribution in [0.1, 0.15) is 25.3 Å². The molecular formula is C12H22N2O. The van der Waals surface area contributed by atoms with Crippen LogP contribution >= 0.6 is 0 Å². The fourth-order valence-electron chi connectivity index (χ4n) is 1.72. The number of nitrogens with zero attached hydrogens (tertiary/aromatic N) is 1. The highest BCUT2D eigenvalue weighted by Crippen LogP contribution is 2.06. The molecule has 0 bridgehead atoms. The van der Waals surface area contributed by atoms with Gasteiger partial charge in [0.1, 0.15) is 0 Å². The van der Waals surface area contributed by atoms with Crippen molar-refractivity contribution in [3.8, 4) is 0 Å². The molecule has 86 valence electrons. The van der Waals surface area contributed by atoms with Gasteiger partial charge in [0.2, 0.25) is 0 Å². The van der Waals surface area contributed by atoms with Crippen LogP contribution in [0.25, 0.3) is 0 Å². The summed E-state index contributed by atoms with van der Waals surface area (Å²) in [6, 6.07) is 2.12. The maximum Gasteiger partial charge on any atom is 0.0434 e. The predicted octanol–water partition coefficient (Wildman–Crippen LogP) is 1.52. The molecular weight excluding hydrogens is 188 g/mol. The van der Waals surface area contributed by atoms with Crippen molar-refractivity contribution in [1.29, 1.82) is 0 Å². The van der Waals surface area contributed by atoms with Crippen LogP contribution in [0.5, 0.6) is 0 Å². The van der Waals surface area contributed by atoms with Gasteiger partial charge in [-0.3, -0.25) is 0 Å². The Morgan fingerprint density at radius 3 is 2.87 bits per heavy atom. The van der Waals surface area contributed by atoms with E-state index >= 15 is 0 Å². The van der Waals surface area contributed by atoms with E-state index in [0.29, 0.717) is 12.5 Å². The average molecular weight is 210 g/mol. The Kier molecular flexibility index (Phi) is 5.43. The van der Waals surface area contributed by atoms with E-state index in [1.807, 2.05) is 7.05 Å². The molecule has 0 saturated heterocycles. The zero-order chi connectivity index (χ0) is 11.1. The first-order chi connectivity index (χ1) is 7.26. The molecule has 0 spiro atoms. The molecule has 0 amide bonds. The van der Waals surface area contributed by atoms with E-state index in [2.05, 4.69) is 35.3 Å². The second-order valence-electron chi connectivity index (χ2n) is 4.10. The Morgan fingerprint density at radius 1 is 1.53 bits per heavy atom. The van der Waals surface area contributed by atoms with Gasteiger partial charge in [0.15, 0.2) is 0 Å². The second-order valence-corrected chi connectivity index (χ2v) is 4.10. The summed E-state index contributed by atoms with van der Waals surface area (Å²) in [7, 11) is 2.03. The lowest BCUT2D eigenvalue weighted by atomic mass is 10.0. The number of hydrogen-bond acceptors (Lipinski definition) is 2. The van der Waals surface area contributed by atoms with Gasteiger partial charge in [-0.15, -0.1) is 0 Å². The summed E-state index contributed by atoms with van der Waals surface area (Å²) >= 11 is 0. The molecule has 0 saturated carbocycles. The molecule has 0 aromatic carbocycles. The first-order valence-electron chi connectivity index (χ1n) is 5.68. The zero-order valence-electron chi connectivity index (χ0n) is 9.74. The third-order valence-corrected chi connectivity index (χ3v) is 2.77. The average Bonchev–Trinajstić information content (AvgIpc) is 2.63. The van der Waals surface area contributed by atoms with Crippen molar-refractivity contribution >= 4 is 0 Å². The van der Waals surface area contributed by atoms with Crippen LogP contribution in [0, 0.1) is 5.92 Å². The smallest absolute Gasteiger partial charge is 0.0434 e. The highest BCUT2D eigenvalue weighted by Gasteiger charge is 2.04. The van der Waals surface area contributed by atoms with Gasteiger partial charge < -0.3 is 15.0 Å². The summed E-state index contributed by atoms with van der Waals surface area (Å²) in [5.74, 6) is 0.596. The van der Waals surface area contributed by atoms with Crippen molar-refractivity contribution in [3.63, 3.8) is 0 Å². The molecule has 0 fully saturated rings. The van der Waals surface area contributed by atoms with Gasteiger partial charge in [-0.05, 0) is 30.5 Å². The summed E-state index contributed by atoms with van der Waals surface area (Å²) in [6.07, 6.45) is 6.21. The van der Waals surface area contributed by atoms with Crippen LogP contribution in [0.2, 0.25) is 0 Å². The van der Waals surface area contributed by atoms with Crippen LogP contribution < -0.4 is 5.32 Å².